The maximum absolute atomic E-state index is 13.5. The van der Waals surface area contributed by atoms with Crippen molar-refractivity contribution in [2.24, 2.45) is 0 Å². The summed E-state index contributed by atoms with van der Waals surface area (Å²) >= 11 is 0. The minimum absolute atomic E-state index is 0.0310. The Labute approximate surface area is 128 Å². The van der Waals surface area contributed by atoms with Crippen molar-refractivity contribution in [2.45, 2.75) is 44.6 Å². The number of carbonyl (C=O) groups is 2. The largest absolute Gasteiger partial charge is 0.388 e. The molecule has 2 amide bonds. The zero-order valence-corrected chi connectivity index (χ0v) is 12.6. The molecule has 5 nitrogen and oxygen atoms in total. The molecule has 22 heavy (non-hydrogen) atoms. The molecule has 1 aliphatic rings. The van der Waals surface area contributed by atoms with Crippen molar-refractivity contribution in [3.63, 3.8) is 0 Å². The number of nitrogens with one attached hydrogen (secondary N) is 2. The van der Waals surface area contributed by atoms with Gasteiger partial charge in [0.25, 0.3) is 5.91 Å². The Hall–Kier alpha value is -1.95. The maximum atomic E-state index is 13.5. The first-order chi connectivity index (χ1) is 10.4. The van der Waals surface area contributed by atoms with Crippen molar-refractivity contribution in [3.8, 4) is 0 Å². The van der Waals surface area contributed by atoms with E-state index in [1.165, 1.54) is 19.1 Å². The fraction of sp³-hybridized carbons (Fsp3) is 0.500. The zero-order valence-electron chi connectivity index (χ0n) is 12.6. The molecule has 2 rings (SSSR count). The third-order valence-electron chi connectivity index (χ3n) is 3.90. The first-order valence-corrected chi connectivity index (χ1v) is 7.47. The van der Waals surface area contributed by atoms with Gasteiger partial charge in [0, 0.05) is 19.0 Å². The van der Waals surface area contributed by atoms with Crippen LogP contribution in [0.1, 0.15) is 49.4 Å². The van der Waals surface area contributed by atoms with E-state index in [0.29, 0.717) is 12.8 Å². The number of aliphatic hydroxyl groups is 1. The van der Waals surface area contributed by atoms with Crippen LogP contribution >= 0.6 is 0 Å². The molecule has 0 aromatic heterocycles. The Balaban J connectivity index is 2.01. The SMILES string of the molecule is CC(=O)Nc1cc(C(=O)NCC2(O)CCCCC2)ccc1F. The summed E-state index contributed by atoms with van der Waals surface area (Å²) in [6, 6.07) is 3.77. The topological polar surface area (TPSA) is 78.4 Å². The summed E-state index contributed by atoms with van der Waals surface area (Å²) in [7, 11) is 0. The summed E-state index contributed by atoms with van der Waals surface area (Å²) in [5, 5.41) is 15.4. The van der Waals surface area contributed by atoms with E-state index in [1.54, 1.807) is 0 Å². The Morgan fingerprint density at radius 2 is 1.95 bits per heavy atom. The zero-order chi connectivity index (χ0) is 16.2. The van der Waals surface area contributed by atoms with Crippen molar-refractivity contribution in [3.05, 3.63) is 29.6 Å². The maximum Gasteiger partial charge on any atom is 0.251 e. The van der Waals surface area contributed by atoms with Gasteiger partial charge in [-0.05, 0) is 31.0 Å². The normalized spacial score (nSPS) is 16.9. The first-order valence-electron chi connectivity index (χ1n) is 7.47. The molecule has 1 aromatic carbocycles. The van der Waals surface area contributed by atoms with Gasteiger partial charge in [-0.2, -0.15) is 0 Å². The van der Waals surface area contributed by atoms with E-state index >= 15 is 0 Å². The third-order valence-corrected chi connectivity index (χ3v) is 3.90. The highest BCUT2D eigenvalue weighted by Gasteiger charge is 2.29. The third kappa shape index (κ3) is 4.27. The quantitative estimate of drug-likeness (QED) is 0.798. The first kappa shape index (κ1) is 16.4. The Morgan fingerprint density at radius 3 is 2.59 bits per heavy atom. The van der Waals surface area contributed by atoms with Gasteiger partial charge in [0.2, 0.25) is 5.91 Å². The van der Waals surface area contributed by atoms with Gasteiger partial charge in [-0.25, -0.2) is 4.39 Å². The Morgan fingerprint density at radius 1 is 1.27 bits per heavy atom. The van der Waals surface area contributed by atoms with Crippen LogP contribution in [0, 0.1) is 5.82 Å². The summed E-state index contributed by atoms with van der Waals surface area (Å²) in [4.78, 5) is 23.1. The second kappa shape index (κ2) is 6.87. The highest BCUT2D eigenvalue weighted by Crippen LogP contribution is 2.27. The van der Waals surface area contributed by atoms with Crippen molar-refractivity contribution < 1.29 is 19.1 Å². The molecule has 1 aliphatic carbocycles. The van der Waals surface area contributed by atoms with E-state index in [9.17, 15) is 19.1 Å². The van der Waals surface area contributed by atoms with Crippen LogP contribution in [-0.4, -0.2) is 29.1 Å². The van der Waals surface area contributed by atoms with Crippen LogP contribution in [0.5, 0.6) is 0 Å². The molecule has 120 valence electrons. The molecule has 3 N–H and O–H groups in total. The van der Waals surface area contributed by atoms with Gasteiger partial charge in [0.15, 0.2) is 0 Å². The van der Waals surface area contributed by atoms with Crippen LogP contribution < -0.4 is 10.6 Å². The van der Waals surface area contributed by atoms with Gasteiger partial charge < -0.3 is 15.7 Å². The average Bonchev–Trinajstić information content (AvgIpc) is 2.47. The van der Waals surface area contributed by atoms with Gasteiger partial charge in [-0.3, -0.25) is 9.59 Å². The summed E-state index contributed by atoms with van der Waals surface area (Å²) in [6.45, 7) is 1.45. The minimum Gasteiger partial charge on any atom is -0.388 e. The van der Waals surface area contributed by atoms with E-state index in [1.807, 2.05) is 0 Å². The van der Waals surface area contributed by atoms with Gasteiger partial charge in [0.05, 0.1) is 11.3 Å². The average molecular weight is 308 g/mol. The molecule has 1 aromatic rings. The number of carbonyl (C=O) groups excluding carboxylic acids is 2. The number of amides is 2. The molecule has 0 heterocycles. The molecular weight excluding hydrogens is 287 g/mol. The fourth-order valence-corrected chi connectivity index (χ4v) is 2.69. The standard InChI is InChI=1S/C16H21FN2O3/c1-11(20)19-14-9-12(5-6-13(14)17)15(21)18-10-16(22)7-3-2-4-8-16/h5-6,9,22H,2-4,7-8,10H2,1H3,(H,18,21)(H,19,20). The summed E-state index contributed by atoms with van der Waals surface area (Å²) in [6.07, 6.45) is 4.36. The molecule has 0 atom stereocenters. The number of rotatable bonds is 4. The summed E-state index contributed by atoms with van der Waals surface area (Å²) in [5.74, 6) is -1.41. The van der Waals surface area contributed by atoms with Crippen molar-refractivity contribution in [2.75, 3.05) is 11.9 Å². The van der Waals surface area contributed by atoms with E-state index in [-0.39, 0.29) is 17.8 Å². The summed E-state index contributed by atoms with van der Waals surface area (Å²) < 4.78 is 13.5. The van der Waals surface area contributed by atoms with Crippen LogP contribution in [0.2, 0.25) is 0 Å². The van der Waals surface area contributed by atoms with E-state index in [4.69, 9.17) is 0 Å². The van der Waals surface area contributed by atoms with Gasteiger partial charge in [-0.15, -0.1) is 0 Å². The highest BCUT2D eigenvalue weighted by atomic mass is 19.1. The molecule has 0 saturated heterocycles. The molecule has 0 spiro atoms. The smallest absolute Gasteiger partial charge is 0.251 e. The van der Waals surface area contributed by atoms with Crippen molar-refractivity contribution >= 4 is 17.5 Å². The number of halogens is 1. The lowest BCUT2D eigenvalue weighted by Gasteiger charge is -2.32. The van der Waals surface area contributed by atoms with Crippen LogP contribution in [0.3, 0.4) is 0 Å². The van der Waals surface area contributed by atoms with Crippen LogP contribution in [-0.2, 0) is 4.79 Å². The van der Waals surface area contributed by atoms with Crippen LogP contribution in [0.4, 0.5) is 10.1 Å². The van der Waals surface area contributed by atoms with E-state index in [0.717, 1.165) is 25.3 Å². The number of benzene rings is 1. The Kier molecular flexibility index (Phi) is 5.13. The second-order valence-electron chi connectivity index (χ2n) is 5.84. The Bertz CT molecular complexity index is 569. The van der Waals surface area contributed by atoms with Gasteiger partial charge >= 0.3 is 0 Å². The second-order valence-corrected chi connectivity index (χ2v) is 5.84. The lowest BCUT2D eigenvalue weighted by Crippen LogP contribution is -2.44. The molecule has 0 aliphatic heterocycles. The van der Waals surface area contributed by atoms with Crippen LogP contribution in [0.25, 0.3) is 0 Å². The lowest BCUT2D eigenvalue weighted by molar-refractivity contribution is -0.114. The predicted octanol–water partition coefficient (Wildman–Crippen LogP) is 2.21. The molecular formula is C16H21FN2O3. The highest BCUT2D eigenvalue weighted by molar-refractivity contribution is 5.96. The number of hydrogen-bond acceptors (Lipinski definition) is 3. The molecule has 0 radical (unpaired) electrons. The number of hydrogen-bond donors (Lipinski definition) is 3. The minimum atomic E-state index is -0.853. The van der Waals surface area contributed by atoms with Crippen LogP contribution in [0.15, 0.2) is 18.2 Å². The molecule has 0 bridgehead atoms. The molecule has 1 saturated carbocycles. The molecule has 1 fully saturated rings. The molecule has 0 unspecified atom stereocenters. The van der Waals surface area contributed by atoms with Gasteiger partial charge in [0.1, 0.15) is 5.82 Å². The lowest BCUT2D eigenvalue weighted by atomic mass is 9.85. The van der Waals surface area contributed by atoms with E-state index in [2.05, 4.69) is 10.6 Å². The van der Waals surface area contributed by atoms with Crippen molar-refractivity contribution in [1.29, 1.82) is 0 Å². The fourth-order valence-electron chi connectivity index (χ4n) is 2.69. The summed E-state index contributed by atoms with van der Waals surface area (Å²) in [5.41, 5.74) is -0.643. The predicted molar refractivity (Wildman–Crippen MR) is 81.1 cm³/mol. The van der Waals surface area contributed by atoms with Gasteiger partial charge in [-0.1, -0.05) is 19.3 Å². The van der Waals surface area contributed by atoms with E-state index < -0.39 is 23.2 Å². The number of anilines is 1. The monoisotopic (exact) mass is 308 g/mol. The molecule has 6 heteroatoms. The van der Waals surface area contributed by atoms with Crippen molar-refractivity contribution in [1.82, 2.24) is 5.32 Å².